The van der Waals surface area contributed by atoms with E-state index < -0.39 is 16.0 Å². The number of thiophene rings is 1. The lowest BCUT2D eigenvalue weighted by atomic mass is 10.2. The average molecular weight is 400 g/mol. The quantitative estimate of drug-likeness (QED) is 0.479. The molecule has 0 amide bonds. The van der Waals surface area contributed by atoms with Crippen molar-refractivity contribution in [3.05, 3.63) is 53.5 Å². The SMILES string of the molecule is NS(=O)(=O)c1cccc(Nc2ncc3ccc4sc(C(=O)O)cc4c3n2)c1. The number of nitrogens with zero attached hydrogens (tertiary/aromatic N) is 2. The molecule has 0 spiro atoms. The van der Waals surface area contributed by atoms with Crippen LogP contribution < -0.4 is 10.5 Å². The van der Waals surface area contributed by atoms with E-state index in [1.165, 1.54) is 23.5 Å². The Hall–Kier alpha value is -3.08. The summed E-state index contributed by atoms with van der Waals surface area (Å²) in [5.41, 5.74) is 1.07. The number of carboxylic acid groups (broad SMARTS) is 1. The fraction of sp³-hybridized carbons (Fsp3) is 0. The van der Waals surface area contributed by atoms with Crippen LogP contribution in [0.3, 0.4) is 0 Å². The molecule has 0 saturated carbocycles. The highest BCUT2D eigenvalue weighted by molar-refractivity contribution is 7.89. The van der Waals surface area contributed by atoms with Gasteiger partial charge in [-0.3, -0.25) is 0 Å². The number of carbonyl (C=O) groups is 1. The number of fused-ring (bicyclic) bond motifs is 3. The number of hydrogen-bond donors (Lipinski definition) is 3. The predicted octanol–water partition coefficient (Wildman–Crippen LogP) is 2.93. The van der Waals surface area contributed by atoms with Crippen molar-refractivity contribution < 1.29 is 18.3 Å². The number of anilines is 2. The molecule has 2 heterocycles. The predicted molar refractivity (Wildman–Crippen MR) is 103 cm³/mol. The monoisotopic (exact) mass is 400 g/mol. The number of carboxylic acids is 1. The maximum Gasteiger partial charge on any atom is 0.345 e. The Morgan fingerprint density at radius 1 is 1.19 bits per heavy atom. The second kappa shape index (κ2) is 6.27. The molecule has 136 valence electrons. The summed E-state index contributed by atoms with van der Waals surface area (Å²) in [4.78, 5) is 20.1. The minimum Gasteiger partial charge on any atom is -0.477 e. The molecule has 8 nitrogen and oxygen atoms in total. The number of sulfonamides is 1. The number of hydrogen-bond acceptors (Lipinski definition) is 7. The summed E-state index contributed by atoms with van der Waals surface area (Å²) >= 11 is 1.17. The van der Waals surface area contributed by atoms with Gasteiger partial charge in [-0.2, -0.15) is 0 Å². The van der Waals surface area contributed by atoms with E-state index in [1.807, 2.05) is 12.1 Å². The van der Waals surface area contributed by atoms with Gasteiger partial charge in [-0.15, -0.1) is 11.3 Å². The molecule has 0 aliphatic rings. The molecule has 0 fully saturated rings. The van der Waals surface area contributed by atoms with Gasteiger partial charge in [-0.25, -0.2) is 28.3 Å². The van der Waals surface area contributed by atoms with E-state index in [0.717, 1.165) is 15.5 Å². The number of aromatic carboxylic acids is 1. The Bertz CT molecular complexity index is 1320. The Balaban J connectivity index is 1.79. The highest BCUT2D eigenvalue weighted by atomic mass is 32.2. The molecule has 27 heavy (non-hydrogen) atoms. The zero-order valence-electron chi connectivity index (χ0n) is 13.6. The zero-order chi connectivity index (χ0) is 19.2. The molecular weight excluding hydrogens is 388 g/mol. The highest BCUT2D eigenvalue weighted by Crippen LogP contribution is 2.31. The van der Waals surface area contributed by atoms with Gasteiger partial charge in [0.15, 0.2) is 0 Å². The van der Waals surface area contributed by atoms with Gasteiger partial charge in [0.25, 0.3) is 0 Å². The van der Waals surface area contributed by atoms with Crippen LogP contribution in [0.2, 0.25) is 0 Å². The first kappa shape index (κ1) is 17.3. The molecule has 0 saturated heterocycles. The van der Waals surface area contributed by atoms with E-state index in [9.17, 15) is 18.3 Å². The summed E-state index contributed by atoms with van der Waals surface area (Å²) in [5, 5.41) is 18.8. The Morgan fingerprint density at radius 2 is 2.00 bits per heavy atom. The minimum absolute atomic E-state index is 0.0281. The smallest absolute Gasteiger partial charge is 0.345 e. The summed E-state index contributed by atoms with van der Waals surface area (Å²) in [6, 6.07) is 11.2. The molecule has 4 rings (SSSR count). The average Bonchev–Trinajstić information content (AvgIpc) is 3.06. The zero-order valence-corrected chi connectivity index (χ0v) is 15.2. The van der Waals surface area contributed by atoms with Gasteiger partial charge in [0, 0.05) is 27.4 Å². The van der Waals surface area contributed by atoms with Crippen molar-refractivity contribution in [1.82, 2.24) is 9.97 Å². The van der Waals surface area contributed by atoms with Crippen molar-refractivity contribution in [2.75, 3.05) is 5.32 Å². The van der Waals surface area contributed by atoms with Crippen molar-refractivity contribution in [3.63, 3.8) is 0 Å². The van der Waals surface area contributed by atoms with Crippen molar-refractivity contribution >= 4 is 60.0 Å². The minimum atomic E-state index is -3.82. The lowest BCUT2D eigenvalue weighted by molar-refractivity contribution is 0.0702. The summed E-state index contributed by atoms with van der Waals surface area (Å²) in [6.07, 6.45) is 1.62. The Morgan fingerprint density at radius 3 is 2.74 bits per heavy atom. The molecule has 10 heteroatoms. The van der Waals surface area contributed by atoms with Crippen LogP contribution in [0.15, 0.2) is 53.6 Å². The third kappa shape index (κ3) is 3.33. The van der Waals surface area contributed by atoms with Crippen molar-refractivity contribution in [1.29, 1.82) is 0 Å². The lowest BCUT2D eigenvalue weighted by Crippen LogP contribution is -2.12. The van der Waals surface area contributed by atoms with E-state index >= 15 is 0 Å². The number of rotatable bonds is 4. The van der Waals surface area contributed by atoms with Crippen LogP contribution in [0.4, 0.5) is 11.6 Å². The van der Waals surface area contributed by atoms with E-state index in [1.54, 1.807) is 24.4 Å². The number of aromatic nitrogens is 2. The first-order valence-corrected chi connectivity index (χ1v) is 10.00. The van der Waals surface area contributed by atoms with E-state index in [-0.39, 0.29) is 15.7 Å². The van der Waals surface area contributed by atoms with Gasteiger partial charge in [0.2, 0.25) is 16.0 Å². The summed E-state index contributed by atoms with van der Waals surface area (Å²) in [7, 11) is -3.82. The topological polar surface area (TPSA) is 135 Å². The standard InChI is InChI=1S/C17H12N4O4S2/c18-27(24,25)11-3-1-2-10(6-11)20-17-19-8-9-4-5-13-12(15(9)21-17)7-14(26-13)16(22)23/h1-8H,(H,22,23)(H2,18,24,25)(H,19,20,21). The van der Waals surface area contributed by atoms with Crippen molar-refractivity contribution in [2.45, 2.75) is 4.90 Å². The molecule has 0 aliphatic heterocycles. The summed E-state index contributed by atoms with van der Waals surface area (Å²) in [5.74, 6) is -0.735. The molecule has 0 atom stereocenters. The first-order chi connectivity index (χ1) is 12.8. The second-order valence-corrected chi connectivity index (χ2v) is 8.37. The number of nitrogens with two attached hydrogens (primary N) is 1. The second-order valence-electron chi connectivity index (χ2n) is 5.72. The van der Waals surface area contributed by atoms with Gasteiger partial charge in [-0.05, 0) is 36.4 Å². The molecule has 4 N–H and O–H groups in total. The van der Waals surface area contributed by atoms with Gasteiger partial charge < -0.3 is 10.4 Å². The van der Waals surface area contributed by atoms with Crippen molar-refractivity contribution in [2.24, 2.45) is 5.14 Å². The third-order valence-corrected chi connectivity index (χ3v) is 5.88. The Kier molecular flexibility index (Phi) is 4.02. The molecule has 0 bridgehead atoms. The van der Waals surface area contributed by atoms with E-state index in [4.69, 9.17) is 5.14 Å². The van der Waals surface area contributed by atoms with Crippen LogP contribution in [0.25, 0.3) is 21.0 Å². The van der Waals surface area contributed by atoms with E-state index in [0.29, 0.717) is 11.2 Å². The van der Waals surface area contributed by atoms with Crippen LogP contribution >= 0.6 is 11.3 Å². The molecule has 0 unspecified atom stereocenters. The van der Waals surface area contributed by atoms with Gasteiger partial charge >= 0.3 is 5.97 Å². The highest BCUT2D eigenvalue weighted by Gasteiger charge is 2.13. The maximum absolute atomic E-state index is 11.5. The maximum atomic E-state index is 11.5. The summed E-state index contributed by atoms with van der Waals surface area (Å²) in [6.45, 7) is 0. The molecule has 0 radical (unpaired) electrons. The largest absolute Gasteiger partial charge is 0.477 e. The molecule has 0 aliphatic carbocycles. The van der Waals surface area contributed by atoms with Crippen LogP contribution in [0.1, 0.15) is 9.67 Å². The first-order valence-electron chi connectivity index (χ1n) is 7.64. The fourth-order valence-corrected chi connectivity index (χ4v) is 4.12. The number of primary sulfonamides is 1. The van der Waals surface area contributed by atoms with Crippen LogP contribution in [0, 0.1) is 0 Å². The lowest BCUT2D eigenvalue weighted by Gasteiger charge is -2.07. The normalized spacial score (nSPS) is 11.7. The van der Waals surface area contributed by atoms with Gasteiger partial charge in [0.1, 0.15) is 4.88 Å². The van der Waals surface area contributed by atoms with Gasteiger partial charge in [-0.1, -0.05) is 6.07 Å². The number of nitrogens with one attached hydrogen (secondary N) is 1. The van der Waals surface area contributed by atoms with Crippen molar-refractivity contribution in [3.8, 4) is 0 Å². The molecule has 2 aromatic carbocycles. The fourth-order valence-electron chi connectivity index (χ4n) is 2.65. The van der Waals surface area contributed by atoms with Crippen LogP contribution in [-0.4, -0.2) is 29.5 Å². The molecular formula is C17H12N4O4S2. The third-order valence-electron chi connectivity index (χ3n) is 3.88. The van der Waals surface area contributed by atoms with Gasteiger partial charge in [0.05, 0.1) is 10.4 Å². The molecule has 4 aromatic rings. The Labute approximate surface area is 157 Å². The number of benzene rings is 2. The van der Waals surface area contributed by atoms with Crippen LogP contribution in [0.5, 0.6) is 0 Å². The van der Waals surface area contributed by atoms with Crippen LogP contribution in [-0.2, 0) is 10.0 Å². The molecule has 2 aromatic heterocycles. The summed E-state index contributed by atoms with van der Waals surface area (Å²) < 4.78 is 23.8. The van der Waals surface area contributed by atoms with E-state index in [2.05, 4.69) is 15.3 Å².